The second-order valence-electron chi connectivity index (χ2n) is 6.88. The maximum absolute atomic E-state index is 12.6. The fraction of sp³-hybridized carbons (Fsp3) is 0.556. The molecule has 2 aromatic rings. The number of aromatic nitrogens is 2. The van der Waals surface area contributed by atoms with Crippen molar-refractivity contribution in [3.63, 3.8) is 0 Å². The average Bonchev–Trinajstić information content (AvgIpc) is 2.84. The van der Waals surface area contributed by atoms with Gasteiger partial charge in [-0.3, -0.25) is 9.69 Å². The molecule has 0 spiro atoms. The van der Waals surface area contributed by atoms with Crippen LogP contribution in [0.25, 0.3) is 10.2 Å². The Morgan fingerprint density at radius 1 is 1.58 bits per heavy atom. The summed E-state index contributed by atoms with van der Waals surface area (Å²) in [6.07, 6.45) is 4.53. The van der Waals surface area contributed by atoms with Gasteiger partial charge in [0, 0.05) is 18.0 Å². The first-order valence-electron chi connectivity index (χ1n) is 8.52. The molecule has 0 saturated heterocycles. The SMILES string of the molecule is C=CCN(Cc1nc2sc3c(c2c(=O)[nH]1)CC[C@@H](C)C3)C[C@H](C)O. The summed E-state index contributed by atoms with van der Waals surface area (Å²) in [6.45, 7) is 9.44. The molecule has 2 N–H and O–H groups in total. The lowest BCUT2D eigenvalue weighted by Crippen LogP contribution is -2.32. The highest BCUT2D eigenvalue weighted by atomic mass is 32.1. The summed E-state index contributed by atoms with van der Waals surface area (Å²) >= 11 is 1.67. The van der Waals surface area contributed by atoms with Crippen LogP contribution in [-0.4, -0.2) is 39.2 Å². The van der Waals surface area contributed by atoms with E-state index in [1.807, 2.05) is 4.90 Å². The van der Waals surface area contributed by atoms with Crippen LogP contribution in [0.1, 0.15) is 36.5 Å². The van der Waals surface area contributed by atoms with E-state index < -0.39 is 6.10 Å². The Morgan fingerprint density at radius 2 is 2.38 bits per heavy atom. The summed E-state index contributed by atoms with van der Waals surface area (Å²) in [7, 11) is 0. The third-order valence-electron chi connectivity index (χ3n) is 4.50. The monoisotopic (exact) mass is 347 g/mol. The predicted molar refractivity (Wildman–Crippen MR) is 98.6 cm³/mol. The zero-order valence-corrected chi connectivity index (χ0v) is 15.2. The van der Waals surface area contributed by atoms with Crippen molar-refractivity contribution in [1.29, 1.82) is 0 Å². The van der Waals surface area contributed by atoms with Gasteiger partial charge in [0.2, 0.25) is 0 Å². The average molecular weight is 347 g/mol. The Balaban J connectivity index is 1.93. The molecule has 0 saturated carbocycles. The van der Waals surface area contributed by atoms with E-state index in [4.69, 9.17) is 4.98 Å². The van der Waals surface area contributed by atoms with Crippen LogP contribution < -0.4 is 5.56 Å². The van der Waals surface area contributed by atoms with Crippen LogP contribution in [0.15, 0.2) is 17.4 Å². The van der Waals surface area contributed by atoms with Crippen LogP contribution in [-0.2, 0) is 19.4 Å². The number of aryl methyl sites for hydroxylation is 1. The van der Waals surface area contributed by atoms with Crippen LogP contribution in [0.5, 0.6) is 0 Å². The number of thiophene rings is 1. The van der Waals surface area contributed by atoms with Crippen molar-refractivity contribution in [2.24, 2.45) is 5.92 Å². The van der Waals surface area contributed by atoms with E-state index in [-0.39, 0.29) is 5.56 Å². The molecule has 2 heterocycles. The molecule has 130 valence electrons. The second-order valence-corrected chi connectivity index (χ2v) is 7.96. The summed E-state index contributed by atoms with van der Waals surface area (Å²) in [4.78, 5) is 24.4. The number of nitrogens with one attached hydrogen (secondary N) is 1. The highest BCUT2D eigenvalue weighted by Gasteiger charge is 2.23. The molecule has 5 nitrogen and oxygen atoms in total. The van der Waals surface area contributed by atoms with Crippen LogP contribution in [0, 0.1) is 5.92 Å². The first-order valence-corrected chi connectivity index (χ1v) is 9.34. The number of nitrogens with zero attached hydrogens (tertiary/aromatic N) is 2. The smallest absolute Gasteiger partial charge is 0.259 e. The van der Waals surface area contributed by atoms with Crippen molar-refractivity contribution in [1.82, 2.24) is 14.9 Å². The third-order valence-corrected chi connectivity index (χ3v) is 5.65. The summed E-state index contributed by atoms with van der Waals surface area (Å²) in [6, 6.07) is 0. The Hall–Kier alpha value is -1.50. The molecule has 1 aliphatic carbocycles. The molecule has 0 bridgehead atoms. The van der Waals surface area contributed by atoms with Crippen LogP contribution in [0.2, 0.25) is 0 Å². The number of hydrogen-bond acceptors (Lipinski definition) is 5. The van der Waals surface area contributed by atoms with Gasteiger partial charge in [0.1, 0.15) is 10.7 Å². The highest BCUT2D eigenvalue weighted by molar-refractivity contribution is 7.18. The molecule has 2 atom stereocenters. The van der Waals surface area contributed by atoms with Crippen LogP contribution in [0.3, 0.4) is 0 Å². The topological polar surface area (TPSA) is 69.2 Å². The summed E-state index contributed by atoms with van der Waals surface area (Å²) < 4.78 is 0. The normalized spacial score (nSPS) is 18.8. The van der Waals surface area contributed by atoms with Crippen molar-refractivity contribution in [2.75, 3.05) is 13.1 Å². The number of aromatic amines is 1. The summed E-state index contributed by atoms with van der Waals surface area (Å²) in [5.74, 6) is 1.33. The first kappa shape index (κ1) is 17.3. The maximum Gasteiger partial charge on any atom is 0.259 e. The quantitative estimate of drug-likeness (QED) is 0.788. The van der Waals surface area contributed by atoms with Crippen molar-refractivity contribution in [3.8, 4) is 0 Å². The first-order chi connectivity index (χ1) is 11.5. The van der Waals surface area contributed by atoms with E-state index in [0.29, 0.717) is 31.4 Å². The van der Waals surface area contributed by atoms with Gasteiger partial charge in [-0.1, -0.05) is 13.0 Å². The Bertz CT molecular complexity index is 793. The number of hydrogen-bond donors (Lipinski definition) is 2. The van der Waals surface area contributed by atoms with Crippen molar-refractivity contribution < 1.29 is 5.11 Å². The van der Waals surface area contributed by atoms with E-state index >= 15 is 0 Å². The largest absolute Gasteiger partial charge is 0.392 e. The van der Waals surface area contributed by atoms with Crippen molar-refractivity contribution in [3.05, 3.63) is 39.3 Å². The molecule has 6 heteroatoms. The lowest BCUT2D eigenvalue weighted by Gasteiger charge is -2.21. The lowest BCUT2D eigenvalue weighted by atomic mass is 9.89. The molecule has 0 fully saturated rings. The molecule has 24 heavy (non-hydrogen) atoms. The third kappa shape index (κ3) is 3.61. The number of H-pyrrole nitrogens is 1. The molecule has 0 amide bonds. The van der Waals surface area contributed by atoms with Gasteiger partial charge >= 0.3 is 0 Å². The van der Waals surface area contributed by atoms with E-state index in [2.05, 4.69) is 18.5 Å². The standard InChI is InChI=1S/C18H25N3O2S/c1-4-7-21(9-12(3)22)10-15-19-17(23)16-13-6-5-11(2)8-14(13)24-18(16)20-15/h4,11-12,22H,1,5-10H2,2-3H3,(H,19,20,23)/t11-,12+/m1/s1. The van der Waals surface area contributed by atoms with Gasteiger partial charge in [-0.2, -0.15) is 0 Å². The number of aliphatic hydroxyl groups excluding tert-OH is 1. The molecule has 0 unspecified atom stereocenters. The molecule has 2 aromatic heterocycles. The van der Waals surface area contributed by atoms with Crippen molar-refractivity contribution >= 4 is 21.6 Å². The van der Waals surface area contributed by atoms with Gasteiger partial charge in [-0.05, 0) is 37.7 Å². The van der Waals surface area contributed by atoms with Gasteiger partial charge < -0.3 is 10.1 Å². The number of rotatable bonds is 6. The summed E-state index contributed by atoms with van der Waals surface area (Å²) in [5.41, 5.74) is 1.18. The Morgan fingerprint density at radius 3 is 3.08 bits per heavy atom. The maximum atomic E-state index is 12.6. The van der Waals surface area contributed by atoms with Crippen LogP contribution >= 0.6 is 11.3 Å². The molecule has 0 aromatic carbocycles. The second kappa shape index (κ2) is 7.17. The Kier molecular flexibility index (Phi) is 5.18. The number of fused-ring (bicyclic) bond motifs is 3. The molecule has 0 aliphatic heterocycles. The Labute approximate surface area is 146 Å². The fourth-order valence-corrected chi connectivity index (χ4v) is 4.84. The van der Waals surface area contributed by atoms with Gasteiger partial charge in [0.25, 0.3) is 5.56 Å². The van der Waals surface area contributed by atoms with Gasteiger partial charge in [-0.25, -0.2) is 4.98 Å². The zero-order chi connectivity index (χ0) is 17.3. The van der Waals surface area contributed by atoms with Gasteiger partial charge in [-0.15, -0.1) is 17.9 Å². The molecule has 0 radical (unpaired) electrons. The minimum atomic E-state index is -0.434. The molecule has 1 aliphatic rings. The zero-order valence-electron chi connectivity index (χ0n) is 14.3. The molecular formula is C18H25N3O2S. The van der Waals surface area contributed by atoms with Crippen LogP contribution in [0.4, 0.5) is 0 Å². The summed E-state index contributed by atoms with van der Waals surface area (Å²) in [5, 5.41) is 10.4. The van der Waals surface area contributed by atoms with E-state index in [1.54, 1.807) is 24.3 Å². The minimum absolute atomic E-state index is 0.0300. The van der Waals surface area contributed by atoms with E-state index in [1.165, 1.54) is 10.4 Å². The van der Waals surface area contributed by atoms with E-state index in [9.17, 15) is 9.90 Å². The predicted octanol–water partition coefficient (Wildman–Crippen LogP) is 2.48. The molecular weight excluding hydrogens is 322 g/mol. The van der Waals surface area contributed by atoms with Gasteiger partial charge in [0.05, 0.1) is 18.0 Å². The fourth-order valence-electron chi connectivity index (χ4n) is 3.44. The van der Waals surface area contributed by atoms with Crippen molar-refractivity contribution in [2.45, 2.75) is 45.8 Å². The van der Waals surface area contributed by atoms with E-state index in [0.717, 1.165) is 29.5 Å². The highest BCUT2D eigenvalue weighted by Crippen LogP contribution is 2.35. The minimum Gasteiger partial charge on any atom is -0.392 e. The number of aliphatic hydroxyl groups is 1. The van der Waals surface area contributed by atoms with Gasteiger partial charge in [0.15, 0.2) is 0 Å². The molecule has 3 rings (SSSR count). The lowest BCUT2D eigenvalue weighted by molar-refractivity contribution is 0.128.